The van der Waals surface area contributed by atoms with Crippen molar-refractivity contribution in [2.45, 2.75) is 0 Å². The van der Waals surface area contributed by atoms with E-state index in [1.165, 1.54) is 12.4 Å². The minimum Gasteiger partial charge on any atom is -0.274 e. The van der Waals surface area contributed by atoms with Gasteiger partial charge in [0, 0.05) is 0 Å². The van der Waals surface area contributed by atoms with Crippen LogP contribution in [0.2, 0.25) is 0 Å². The second-order valence-electron chi connectivity index (χ2n) is 1.41. The SMILES string of the molecule is O=C(Cl)c1c[nH+]ccn1. The minimum atomic E-state index is -0.549. The monoisotopic (exact) mass is 143 g/mol. The fourth-order valence-corrected chi connectivity index (χ4v) is 0.536. The summed E-state index contributed by atoms with van der Waals surface area (Å²) in [6.07, 6.45) is 4.51. The summed E-state index contributed by atoms with van der Waals surface area (Å²) < 4.78 is 0. The fourth-order valence-electron chi connectivity index (χ4n) is 0.432. The lowest BCUT2D eigenvalue weighted by atomic mass is 10.5. The molecule has 0 unspecified atom stereocenters. The molecular formula is C5H4ClN2O+. The Kier molecular flexibility index (Phi) is 1.75. The van der Waals surface area contributed by atoms with Gasteiger partial charge in [0.2, 0.25) is 0 Å². The number of nitrogens with zero attached hydrogens (tertiary/aromatic N) is 1. The molecule has 0 spiro atoms. The van der Waals surface area contributed by atoms with Gasteiger partial charge in [-0.2, -0.15) is 0 Å². The molecule has 9 heavy (non-hydrogen) atoms. The van der Waals surface area contributed by atoms with E-state index < -0.39 is 5.24 Å². The Morgan fingerprint density at radius 3 is 2.89 bits per heavy atom. The van der Waals surface area contributed by atoms with Gasteiger partial charge in [0.15, 0.2) is 18.1 Å². The van der Waals surface area contributed by atoms with Gasteiger partial charge in [-0.05, 0) is 11.6 Å². The summed E-state index contributed by atoms with van der Waals surface area (Å²) in [6.45, 7) is 0. The van der Waals surface area contributed by atoms with Crippen LogP contribution in [0.4, 0.5) is 0 Å². The van der Waals surface area contributed by atoms with Crippen molar-refractivity contribution in [3.8, 4) is 0 Å². The summed E-state index contributed by atoms with van der Waals surface area (Å²) in [5, 5.41) is -0.549. The van der Waals surface area contributed by atoms with Gasteiger partial charge in [0.05, 0.1) is 6.20 Å². The largest absolute Gasteiger partial charge is 0.277 e. The highest BCUT2D eigenvalue weighted by Gasteiger charge is 2.02. The number of hydrogen-bond acceptors (Lipinski definition) is 2. The van der Waals surface area contributed by atoms with Gasteiger partial charge in [-0.25, -0.2) is 9.97 Å². The van der Waals surface area contributed by atoms with Crippen molar-refractivity contribution >= 4 is 16.8 Å². The van der Waals surface area contributed by atoms with Crippen LogP contribution in [0.25, 0.3) is 0 Å². The Bertz CT molecular complexity index is 211. The molecule has 0 aliphatic heterocycles. The second kappa shape index (κ2) is 2.55. The molecule has 0 amide bonds. The van der Waals surface area contributed by atoms with Gasteiger partial charge in [-0.3, -0.25) is 4.79 Å². The van der Waals surface area contributed by atoms with Crippen LogP contribution in [-0.2, 0) is 0 Å². The molecule has 3 nitrogen and oxygen atoms in total. The summed E-state index contributed by atoms with van der Waals surface area (Å²) in [6, 6.07) is 0. The van der Waals surface area contributed by atoms with Crippen LogP contribution < -0.4 is 4.98 Å². The molecule has 4 heteroatoms. The van der Waals surface area contributed by atoms with Crippen molar-refractivity contribution in [1.29, 1.82) is 0 Å². The molecule has 0 saturated heterocycles. The van der Waals surface area contributed by atoms with E-state index in [1.807, 2.05) is 0 Å². The Labute approximate surface area is 56.7 Å². The lowest BCUT2D eigenvalue weighted by molar-refractivity contribution is -0.379. The number of carbonyl (C=O) groups excluding carboxylic acids is 1. The molecule has 0 atom stereocenters. The Hall–Kier alpha value is -0.960. The average molecular weight is 144 g/mol. The van der Waals surface area contributed by atoms with Gasteiger partial charge in [-0.1, -0.05) is 0 Å². The zero-order valence-corrected chi connectivity index (χ0v) is 5.22. The Morgan fingerprint density at radius 1 is 1.78 bits per heavy atom. The van der Waals surface area contributed by atoms with Gasteiger partial charge >= 0.3 is 0 Å². The summed E-state index contributed by atoms with van der Waals surface area (Å²) in [7, 11) is 0. The molecule has 1 rings (SSSR count). The lowest BCUT2D eigenvalue weighted by Crippen LogP contribution is -2.05. The third kappa shape index (κ3) is 1.47. The molecule has 0 aliphatic carbocycles. The van der Waals surface area contributed by atoms with E-state index in [2.05, 4.69) is 9.97 Å². The summed E-state index contributed by atoms with van der Waals surface area (Å²) in [5.41, 5.74) is 0.235. The first-order chi connectivity index (χ1) is 4.30. The molecule has 1 aromatic heterocycles. The predicted octanol–water partition coefficient (Wildman–Crippen LogP) is 0.275. The molecule has 0 radical (unpaired) electrons. The number of rotatable bonds is 1. The number of hydrogen-bond donors (Lipinski definition) is 0. The van der Waals surface area contributed by atoms with Crippen molar-refractivity contribution in [1.82, 2.24) is 4.98 Å². The normalized spacial score (nSPS) is 9.00. The number of aromatic amines is 1. The maximum absolute atomic E-state index is 10.3. The zero-order chi connectivity index (χ0) is 6.69. The van der Waals surface area contributed by atoms with Crippen molar-refractivity contribution < 1.29 is 9.78 Å². The average Bonchev–Trinajstić information content (AvgIpc) is 1.90. The second-order valence-corrected chi connectivity index (χ2v) is 1.76. The molecule has 0 aromatic carbocycles. The van der Waals surface area contributed by atoms with Crippen molar-refractivity contribution in [3.05, 3.63) is 24.3 Å². The van der Waals surface area contributed by atoms with E-state index in [4.69, 9.17) is 11.6 Å². The van der Waals surface area contributed by atoms with Crippen LogP contribution in [0, 0.1) is 0 Å². The van der Waals surface area contributed by atoms with Crippen LogP contribution in [0.5, 0.6) is 0 Å². The summed E-state index contributed by atoms with van der Waals surface area (Å²) in [4.78, 5) is 16.7. The molecular weight excluding hydrogens is 140 g/mol. The molecule has 0 fully saturated rings. The van der Waals surface area contributed by atoms with E-state index in [0.29, 0.717) is 0 Å². The van der Waals surface area contributed by atoms with Gasteiger partial charge in [-0.15, -0.1) is 0 Å². The molecule has 0 saturated carbocycles. The molecule has 1 N–H and O–H groups in total. The van der Waals surface area contributed by atoms with Gasteiger partial charge < -0.3 is 0 Å². The number of nitrogens with one attached hydrogen (secondary N) is 1. The van der Waals surface area contributed by atoms with Crippen molar-refractivity contribution in [2.75, 3.05) is 0 Å². The minimum absolute atomic E-state index is 0.235. The van der Waals surface area contributed by atoms with Crippen molar-refractivity contribution in [2.24, 2.45) is 0 Å². The quantitative estimate of drug-likeness (QED) is 0.530. The summed E-state index contributed by atoms with van der Waals surface area (Å²) in [5.74, 6) is 0. The Balaban J connectivity index is 2.98. The number of carbonyl (C=O) groups is 1. The lowest BCUT2D eigenvalue weighted by Gasteiger charge is -1.81. The standard InChI is InChI=1S/C5H3ClN2O/c6-5(9)4-3-7-1-2-8-4/h1-3H/p+1. The van der Waals surface area contributed by atoms with E-state index >= 15 is 0 Å². The summed E-state index contributed by atoms with van der Waals surface area (Å²) >= 11 is 5.08. The van der Waals surface area contributed by atoms with E-state index in [-0.39, 0.29) is 5.69 Å². The van der Waals surface area contributed by atoms with Crippen LogP contribution in [0.1, 0.15) is 10.5 Å². The molecule has 46 valence electrons. The number of halogens is 1. The molecule has 0 aliphatic rings. The highest BCUT2D eigenvalue weighted by atomic mass is 35.5. The number of H-pyrrole nitrogens is 1. The van der Waals surface area contributed by atoms with Crippen LogP contribution in [0.15, 0.2) is 18.6 Å². The van der Waals surface area contributed by atoms with E-state index in [9.17, 15) is 4.79 Å². The van der Waals surface area contributed by atoms with Gasteiger partial charge in [0.1, 0.15) is 0 Å². The molecule has 1 heterocycles. The topological polar surface area (TPSA) is 44.1 Å². The van der Waals surface area contributed by atoms with E-state index in [0.717, 1.165) is 0 Å². The predicted molar refractivity (Wildman–Crippen MR) is 31.0 cm³/mol. The van der Waals surface area contributed by atoms with Crippen LogP contribution in [0.3, 0.4) is 0 Å². The molecule has 0 bridgehead atoms. The highest BCUT2D eigenvalue weighted by molar-refractivity contribution is 6.67. The maximum atomic E-state index is 10.3. The third-order valence-corrected chi connectivity index (χ3v) is 0.999. The van der Waals surface area contributed by atoms with Gasteiger partial charge in [0.25, 0.3) is 5.24 Å². The number of aromatic nitrogens is 2. The maximum Gasteiger partial charge on any atom is 0.277 e. The van der Waals surface area contributed by atoms with Crippen molar-refractivity contribution in [3.63, 3.8) is 0 Å². The smallest absolute Gasteiger partial charge is 0.274 e. The fraction of sp³-hybridized carbons (Fsp3) is 0. The van der Waals surface area contributed by atoms with E-state index in [1.54, 1.807) is 6.20 Å². The zero-order valence-electron chi connectivity index (χ0n) is 4.47. The van der Waals surface area contributed by atoms with Crippen LogP contribution >= 0.6 is 11.6 Å². The third-order valence-electron chi connectivity index (χ3n) is 0.806. The Morgan fingerprint density at radius 2 is 2.56 bits per heavy atom. The first-order valence-electron chi connectivity index (χ1n) is 2.32. The first-order valence-corrected chi connectivity index (χ1v) is 2.70. The molecule has 1 aromatic rings. The van der Waals surface area contributed by atoms with Crippen LogP contribution in [-0.4, -0.2) is 10.2 Å². The highest BCUT2D eigenvalue weighted by Crippen LogP contribution is 1.92. The first kappa shape index (κ1) is 6.16.